The van der Waals surface area contributed by atoms with Crippen molar-refractivity contribution in [2.75, 3.05) is 18.4 Å². The summed E-state index contributed by atoms with van der Waals surface area (Å²) in [6, 6.07) is 13.7. The molecule has 1 atom stereocenters. The van der Waals surface area contributed by atoms with Crippen LogP contribution < -0.4 is 11.1 Å². The van der Waals surface area contributed by atoms with Crippen LogP contribution in [0.4, 0.5) is 5.69 Å². The summed E-state index contributed by atoms with van der Waals surface area (Å²) in [6.07, 6.45) is 0.419. The summed E-state index contributed by atoms with van der Waals surface area (Å²) in [5, 5.41) is 3.10. The monoisotopic (exact) mass is 409 g/mol. The van der Waals surface area contributed by atoms with Crippen molar-refractivity contribution in [3.05, 3.63) is 64.7 Å². The molecule has 0 heterocycles. The van der Waals surface area contributed by atoms with E-state index >= 15 is 0 Å². The van der Waals surface area contributed by atoms with Crippen LogP contribution in [0.25, 0.3) is 0 Å². The Morgan fingerprint density at radius 3 is 2.33 bits per heavy atom. The van der Waals surface area contributed by atoms with Crippen LogP contribution in [0.15, 0.2) is 48.5 Å². The first-order valence-electron chi connectivity index (χ1n) is 8.65. The Hall–Kier alpha value is -2.08. The Morgan fingerprint density at radius 2 is 1.74 bits per heavy atom. The van der Waals surface area contributed by atoms with Crippen LogP contribution in [0.3, 0.4) is 0 Å². The van der Waals surface area contributed by atoms with Crippen molar-refractivity contribution < 1.29 is 9.59 Å². The van der Waals surface area contributed by atoms with E-state index in [0.29, 0.717) is 35.8 Å². The summed E-state index contributed by atoms with van der Waals surface area (Å²) in [5.41, 5.74) is 7.85. The molecular formula is C20H25Cl2N3O2. The highest BCUT2D eigenvalue weighted by Gasteiger charge is 2.18. The molecule has 2 aromatic carbocycles. The van der Waals surface area contributed by atoms with E-state index in [1.54, 1.807) is 23.1 Å². The fourth-order valence-electron chi connectivity index (χ4n) is 2.63. The number of nitrogens with one attached hydrogen (secondary N) is 1. The maximum atomic E-state index is 12.5. The van der Waals surface area contributed by atoms with Crippen LogP contribution in [0.5, 0.6) is 0 Å². The van der Waals surface area contributed by atoms with Crippen LogP contribution in [0.2, 0.25) is 5.02 Å². The summed E-state index contributed by atoms with van der Waals surface area (Å²) in [5.74, 6) is -0.445. The molecule has 0 spiro atoms. The van der Waals surface area contributed by atoms with Crippen LogP contribution in [-0.2, 0) is 11.2 Å². The van der Waals surface area contributed by atoms with Gasteiger partial charge in [-0.25, -0.2) is 0 Å². The van der Waals surface area contributed by atoms with E-state index < -0.39 is 6.04 Å². The summed E-state index contributed by atoms with van der Waals surface area (Å²) in [7, 11) is 0. The molecule has 0 aliphatic carbocycles. The fourth-order valence-corrected chi connectivity index (χ4v) is 2.80. The number of hydrogen-bond donors (Lipinski definition) is 2. The molecular weight excluding hydrogens is 385 g/mol. The Kier molecular flexibility index (Phi) is 9.29. The van der Waals surface area contributed by atoms with Gasteiger partial charge in [0.1, 0.15) is 0 Å². The third-order valence-corrected chi connectivity index (χ3v) is 4.49. The second kappa shape index (κ2) is 10.9. The summed E-state index contributed by atoms with van der Waals surface area (Å²) in [4.78, 5) is 26.6. The van der Waals surface area contributed by atoms with Gasteiger partial charge in [0, 0.05) is 18.7 Å². The molecule has 146 valence electrons. The average Bonchev–Trinajstić information content (AvgIpc) is 2.65. The standard InChI is InChI=1S/C20H24ClN3O2.ClH/c1-3-24(4-2)20(26)15-10-11-16(21)18(13-15)23-19(25)17(22)12-14-8-6-5-7-9-14;/h5-11,13,17H,3-4,12,22H2,1-2H3,(H,23,25);1H/t17-;/m0./s1. The number of nitrogens with two attached hydrogens (primary N) is 1. The SMILES string of the molecule is CCN(CC)C(=O)c1ccc(Cl)c(NC(=O)[C@@H](N)Cc2ccccc2)c1.Cl. The van der Waals surface area contributed by atoms with Crippen molar-refractivity contribution in [3.63, 3.8) is 0 Å². The Balaban J connectivity index is 0.00000364. The second-order valence-electron chi connectivity index (χ2n) is 5.96. The third-order valence-electron chi connectivity index (χ3n) is 4.16. The number of anilines is 1. The van der Waals surface area contributed by atoms with Crippen molar-refractivity contribution in [3.8, 4) is 0 Å². The zero-order valence-corrected chi connectivity index (χ0v) is 17.0. The van der Waals surface area contributed by atoms with E-state index in [4.69, 9.17) is 17.3 Å². The molecule has 0 saturated heterocycles. The lowest BCUT2D eigenvalue weighted by molar-refractivity contribution is -0.117. The van der Waals surface area contributed by atoms with E-state index in [1.807, 2.05) is 44.2 Å². The molecule has 0 aliphatic heterocycles. The van der Waals surface area contributed by atoms with Gasteiger partial charge in [0.25, 0.3) is 5.91 Å². The van der Waals surface area contributed by atoms with Crippen molar-refractivity contribution in [2.45, 2.75) is 26.3 Å². The topological polar surface area (TPSA) is 75.4 Å². The zero-order chi connectivity index (χ0) is 19.1. The highest BCUT2D eigenvalue weighted by molar-refractivity contribution is 6.34. The molecule has 7 heteroatoms. The number of hydrogen-bond acceptors (Lipinski definition) is 3. The van der Waals surface area contributed by atoms with Gasteiger partial charge in [0.2, 0.25) is 5.91 Å². The van der Waals surface area contributed by atoms with Gasteiger partial charge in [-0.3, -0.25) is 9.59 Å². The number of nitrogens with zero attached hydrogens (tertiary/aromatic N) is 1. The smallest absolute Gasteiger partial charge is 0.253 e. The summed E-state index contributed by atoms with van der Waals surface area (Å²) in [6.45, 7) is 5.06. The van der Waals surface area contributed by atoms with Gasteiger partial charge < -0.3 is 16.0 Å². The Bertz CT molecular complexity index is 765. The first-order valence-corrected chi connectivity index (χ1v) is 9.03. The number of carbonyl (C=O) groups excluding carboxylic acids is 2. The van der Waals surface area contributed by atoms with Crippen LogP contribution >= 0.6 is 24.0 Å². The van der Waals surface area contributed by atoms with Crippen LogP contribution in [-0.4, -0.2) is 35.8 Å². The molecule has 0 radical (unpaired) electrons. The molecule has 2 rings (SSSR count). The molecule has 0 saturated carbocycles. The highest BCUT2D eigenvalue weighted by Crippen LogP contribution is 2.24. The largest absolute Gasteiger partial charge is 0.339 e. The average molecular weight is 410 g/mol. The van der Waals surface area contributed by atoms with Crippen LogP contribution in [0.1, 0.15) is 29.8 Å². The maximum absolute atomic E-state index is 12.5. The summed E-state index contributed by atoms with van der Waals surface area (Å²) < 4.78 is 0. The number of carbonyl (C=O) groups is 2. The molecule has 0 bridgehead atoms. The molecule has 5 nitrogen and oxygen atoms in total. The normalized spacial score (nSPS) is 11.3. The highest BCUT2D eigenvalue weighted by atomic mass is 35.5. The molecule has 27 heavy (non-hydrogen) atoms. The lowest BCUT2D eigenvalue weighted by Gasteiger charge is -2.19. The predicted molar refractivity (Wildman–Crippen MR) is 113 cm³/mol. The first kappa shape index (κ1) is 23.0. The van der Waals surface area contributed by atoms with E-state index in [2.05, 4.69) is 5.32 Å². The molecule has 2 amide bonds. The van der Waals surface area contributed by atoms with Crippen molar-refractivity contribution in [2.24, 2.45) is 5.73 Å². The van der Waals surface area contributed by atoms with Gasteiger partial charge in [-0.2, -0.15) is 0 Å². The fraction of sp³-hybridized carbons (Fsp3) is 0.300. The van der Waals surface area contributed by atoms with E-state index in [9.17, 15) is 9.59 Å². The number of benzene rings is 2. The van der Waals surface area contributed by atoms with Gasteiger partial charge in [-0.05, 0) is 44.0 Å². The van der Waals surface area contributed by atoms with Gasteiger partial charge in [-0.1, -0.05) is 41.9 Å². The predicted octanol–water partition coefficient (Wildman–Crippen LogP) is 3.75. The van der Waals surface area contributed by atoms with Gasteiger partial charge in [0.05, 0.1) is 16.8 Å². The van der Waals surface area contributed by atoms with Crippen molar-refractivity contribution in [1.82, 2.24) is 4.90 Å². The number of halogens is 2. The van der Waals surface area contributed by atoms with Gasteiger partial charge in [0.15, 0.2) is 0 Å². The lowest BCUT2D eigenvalue weighted by atomic mass is 10.1. The minimum absolute atomic E-state index is 0. The minimum Gasteiger partial charge on any atom is -0.339 e. The number of rotatable bonds is 7. The maximum Gasteiger partial charge on any atom is 0.253 e. The Labute approximate surface area is 171 Å². The van der Waals surface area contributed by atoms with Crippen LogP contribution in [0, 0.1) is 0 Å². The third kappa shape index (κ3) is 6.24. The van der Waals surface area contributed by atoms with Crippen molar-refractivity contribution in [1.29, 1.82) is 0 Å². The second-order valence-corrected chi connectivity index (χ2v) is 6.36. The molecule has 0 unspecified atom stereocenters. The summed E-state index contributed by atoms with van der Waals surface area (Å²) >= 11 is 6.18. The minimum atomic E-state index is -0.712. The molecule has 3 N–H and O–H groups in total. The lowest BCUT2D eigenvalue weighted by Crippen LogP contribution is -2.37. The van der Waals surface area contributed by atoms with Gasteiger partial charge in [-0.15, -0.1) is 12.4 Å². The first-order chi connectivity index (χ1) is 12.5. The molecule has 0 fully saturated rings. The Morgan fingerprint density at radius 1 is 1.11 bits per heavy atom. The van der Waals surface area contributed by atoms with E-state index in [1.165, 1.54) is 0 Å². The quantitative estimate of drug-likeness (QED) is 0.730. The van der Waals surface area contributed by atoms with Crippen molar-refractivity contribution >= 4 is 41.5 Å². The van der Waals surface area contributed by atoms with Gasteiger partial charge >= 0.3 is 0 Å². The van der Waals surface area contributed by atoms with E-state index in [-0.39, 0.29) is 24.2 Å². The zero-order valence-electron chi connectivity index (χ0n) is 15.4. The molecule has 0 aliphatic rings. The molecule has 2 aromatic rings. The van der Waals surface area contributed by atoms with E-state index in [0.717, 1.165) is 5.56 Å². The number of amides is 2. The molecule has 0 aromatic heterocycles.